The van der Waals surface area contributed by atoms with Crippen LogP contribution in [-0.4, -0.2) is 34.4 Å². The van der Waals surface area contributed by atoms with Crippen molar-refractivity contribution in [2.45, 2.75) is 38.1 Å². The second kappa shape index (κ2) is 7.08. The molecule has 1 aromatic carbocycles. The number of ether oxygens (including phenoxy) is 1. The predicted octanol–water partition coefficient (Wildman–Crippen LogP) is 2.64. The quantitative estimate of drug-likeness (QED) is 0.869. The van der Waals surface area contributed by atoms with E-state index in [1.54, 1.807) is 6.92 Å². The SMILES string of the molecule is Cc1cc(NC(=O)[C@@H]2CC[C@H](CN)O2)n(-c2ccccc2C(F)(F)F)n1. The van der Waals surface area contributed by atoms with Crippen molar-refractivity contribution in [1.29, 1.82) is 0 Å². The molecule has 1 aliphatic heterocycles. The van der Waals surface area contributed by atoms with Crippen LogP contribution in [0.3, 0.4) is 0 Å². The molecule has 0 bridgehead atoms. The number of carbonyl (C=O) groups is 1. The number of para-hydroxylation sites is 1. The first kappa shape index (κ1) is 18.4. The average Bonchev–Trinajstić information content (AvgIpc) is 3.20. The van der Waals surface area contributed by atoms with E-state index in [2.05, 4.69) is 10.4 Å². The molecule has 1 aromatic heterocycles. The van der Waals surface area contributed by atoms with Crippen molar-refractivity contribution in [3.05, 3.63) is 41.6 Å². The molecule has 0 radical (unpaired) electrons. The number of nitrogens with one attached hydrogen (secondary N) is 1. The molecule has 3 N–H and O–H groups in total. The van der Waals surface area contributed by atoms with E-state index in [0.717, 1.165) is 10.7 Å². The first-order valence-electron chi connectivity index (χ1n) is 8.19. The number of alkyl halides is 3. The number of nitrogens with zero attached hydrogens (tertiary/aromatic N) is 2. The van der Waals surface area contributed by atoms with E-state index >= 15 is 0 Å². The molecule has 0 spiro atoms. The number of carbonyl (C=O) groups excluding carboxylic acids is 1. The minimum absolute atomic E-state index is 0.156. The largest absolute Gasteiger partial charge is 0.418 e. The monoisotopic (exact) mass is 368 g/mol. The lowest BCUT2D eigenvalue weighted by Gasteiger charge is -2.16. The fourth-order valence-electron chi connectivity index (χ4n) is 2.95. The van der Waals surface area contributed by atoms with Crippen molar-refractivity contribution in [3.8, 4) is 5.69 Å². The Morgan fingerprint density at radius 3 is 2.77 bits per heavy atom. The van der Waals surface area contributed by atoms with E-state index in [4.69, 9.17) is 10.5 Å². The summed E-state index contributed by atoms with van der Waals surface area (Å²) in [7, 11) is 0. The Morgan fingerprint density at radius 1 is 1.38 bits per heavy atom. The topological polar surface area (TPSA) is 82.2 Å². The van der Waals surface area contributed by atoms with Crippen molar-refractivity contribution in [1.82, 2.24) is 9.78 Å². The van der Waals surface area contributed by atoms with Crippen LogP contribution in [0.15, 0.2) is 30.3 Å². The zero-order valence-corrected chi connectivity index (χ0v) is 14.1. The van der Waals surface area contributed by atoms with Crippen molar-refractivity contribution in [3.63, 3.8) is 0 Å². The minimum atomic E-state index is -4.54. The summed E-state index contributed by atoms with van der Waals surface area (Å²) < 4.78 is 46.5. The number of amides is 1. The molecule has 2 aromatic rings. The molecule has 2 atom stereocenters. The Hall–Kier alpha value is -2.39. The molecule has 1 fully saturated rings. The van der Waals surface area contributed by atoms with E-state index in [0.29, 0.717) is 25.1 Å². The van der Waals surface area contributed by atoms with Crippen molar-refractivity contribution in [2.75, 3.05) is 11.9 Å². The van der Waals surface area contributed by atoms with Gasteiger partial charge in [-0.3, -0.25) is 4.79 Å². The van der Waals surface area contributed by atoms with Crippen molar-refractivity contribution < 1.29 is 22.7 Å². The van der Waals surface area contributed by atoms with Crippen LogP contribution in [0.4, 0.5) is 19.0 Å². The number of anilines is 1. The Morgan fingerprint density at radius 2 is 2.12 bits per heavy atom. The third-order valence-corrected chi connectivity index (χ3v) is 4.18. The summed E-state index contributed by atoms with van der Waals surface area (Å²) >= 11 is 0. The van der Waals surface area contributed by atoms with Crippen LogP contribution in [0.2, 0.25) is 0 Å². The molecule has 0 aliphatic carbocycles. The van der Waals surface area contributed by atoms with Crippen LogP contribution in [0.25, 0.3) is 5.69 Å². The molecular formula is C17H19F3N4O2. The van der Waals surface area contributed by atoms with E-state index in [1.165, 1.54) is 24.3 Å². The van der Waals surface area contributed by atoms with Crippen LogP contribution in [0.5, 0.6) is 0 Å². The number of nitrogens with two attached hydrogens (primary N) is 1. The maximum Gasteiger partial charge on any atom is 0.418 e. The van der Waals surface area contributed by atoms with Gasteiger partial charge >= 0.3 is 6.18 Å². The van der Waals surface area contributed by atoms with E-state index in [9.17, 15) is 18.0 Å². The average molecular weight is 368 g/mol. The summed E-state index contributed by atoms with van der Waals surface area (Å²) in [5.41, 5.74) is 5.02. The molecule has 3 rings (SSSR count). The van der Waals surface area contributed by atoms with Crippen molar-refractivity contribution in [2.24, 2.45) is 5.73 Å². The van der Waals surface area contributed by atoms with E-state index in [-0.39, 0.29) is 17.6 Å². The van der Waals surface area contributed by atoms with Gasteiger partial charge in [-0.05, 0) is 31.9 Å². The number of rotatable bonds is 4. The normalized spacial score (nSPS) is 20.3. The van der Waals surface area contributed by atoms with E-state index in [1.807, 2.05) is 0 Å². The van der Waals surface area contributed by atoms with Crippen LogP contribution in [0.1, 0.15) is 24.1 Å². The van der Waals surface area contributed by atoms with Crippen LogP contribution < -0.4 is 11.1 Å². The Balaban J connectivity index is 1.90. The number of benzene rings is 1. The summed E-state index contributed by atoms with van der Waals surface area (Å²) in [6.45, 7) is 1.96. The van der Waals surface area contributed by atoms with Crippen LogP contribution >= 0.6 is 0 Å². The van der Waals surface area contributed by atoms with Gasteiger partial charge in [0.15, 0.2) is 0 Å². The van der Waals surface area contributed by atoms with Gasteiger partial charge in [0.1, 0.15) is 11.9 Å². The molecule has 6 nitrogen and oxygen atoms in total. The first-order chi connectivity index (χ1) is 12.3. The van der Waals surface area contributed by atoms with Gasteiger partial charge in [-0.15, -0.1) is 0 Å². The first-order valence-corrected chi connectivity index (χ1v) is 8.19. The van der Waals surface area contributed by atoms with Gasteiger partial charge in [0.25, 0.3) is 5.91 Å². The number of aromatic nitrogens is 2. The highest BCUT2D eigenvalue weighted by molar-refractivity contribution is 5.94. The summed E-state index contributed by atoms with van der Waals surface area (Å²) in [4.78, 5) is 12.4. The van der Waals surface area contributed by atoms with Crippen LogP contribution in [0, 0.1) is 6.92 Å². The fourth-order valence-corrected chi connectivity index (χ4v) is 2.95. The second-order valence-corrected chi connectivity index (χ2v) is 6.15. The maximum absolute atomic E-state index is 13.3. The lowest BCUT2D eigenvalue weighted by Crippen LogP contribution is -2.30. The van der Waals surface area contributed by atoms with Gasteiger partial charge in [0.2, 0.25) is 0 Å². The summed E-state index contributed by atoms with van der Waals surface area (Å²) in [6, 6.07) is 6.59. The van der Waals surface area contributed by atoms with E-state index < -0.39 is 23.8 Å². The maximum atomic E-state index is 13.3. The molecule has 2 heterocycles. The van der Waals surface area contributed by atoms with Gasteiger partial charge in [-0.2, -0.15) is 18.3 Å². The molecule has 0 saturated carbocycles. The van der Waals surface area contributed by atoms with Gasteiger partial charge in [-0.25, -0.2) is 4.68 Å². The Labute approximate surface area is 148 Å². The molecule has 140 valence electrons. The molecule has 1 amide bonds. The number of hydrogen-bond donors (Lipinski definition) is 2. The summed E-state index contributed by atoms with van der Waals surface area (Å²) in [5.74, 6) is -0.268. The zero-order chi connectivity index (χ0) is 18.9. The third-order valence-electron chi connectivity index (χ3n) is 4.18. The molecule has 0 unspecified atom stereocenters. The summed E-state index contributed by atoms with van der Waals surface area (Å²) in [6.07, 6.45) is -4.21. The minimum Gasteiger partial charge on any atom is -0.364 e. The Kier molecular flexibility index (Phi) is 5.01. The lowest BCUT2D eigenvalue weighted by atomic mass is 10.1. The van der Waals surface area contributed by atoms with Crippen molar-refractivity contribution >= 4 is 11.7 Å². The predicted molar refractivity (Wildman–Crippen MR) is 88.9 cm³/mol. The number of hydrogen-bond acceptors (Lipinski definition) is 4. The highest BCUT2D eigenvalue weighted by Crippen LogP contribution is 2.34. The van der Waals surface area contributed by atoms with Gasteiger partial charge in [0.05, 0.1) is 23.0 Å². The lowest BCUT2D eigenvalue weighted by molar-refractivity contribution is -0.137. The van der Waals surface area contributed by atoms with Gasteiger partial charge in [-0.1, -0.05) is 12.1 Å². The highest BCUT2D eigenvalue weighted by atomic mass is 19.4. The number of aryl methyl sites for hydroxylation is 1. The van der Waals surface area contributed by atoms with Crippen LogP contribution in [-0.2, 0) is 15.7 Å². The fraction of sp³-hybridized carbons (Fsp3) is 0.412. The molecular weight excluding hydrogens is 349 g/mol. The standard InChI is InChI=1S/C17H19F3N4O2/c1-10-8-15(22-16(25)14-7-6-11(9-21)26-14)24(23-10)13-5-3-2-4-12(13)17(18,19)20/h2-5,8,11,14H,6-7,9,21H2,1H3,(H,22,25)/t11-,14+/m1/s1. The zero-order valence-electron chi connectivity index (χ0n) is 14.1. The Bertz CT molecular complexity index is 804. The second-order valence-electron chi connectivity index (χ2n) is 6.15. The molecule has 1 aliphatic rings. The number of halogens is 3. The molecule has 26 heavy (non-hydrogen) atoms. The van der Waals surface area contributed by atoms with Gasteiger partial charge in [0, 0.05) is 12.6 Å². The highest BCUT2D eigenvalue weighted by Gasteiger charge is 2.35. The van der Waals surface area contributed by atoms with Gasteiger partial charge < -0.3 is 15.8 Å². The molecule has 1 saturated heterocycles. The smallest absolute Gasteiger partial charge is 0.364 e. The molecule has 9 heteroatoms. The summed E-state index contributed by atoms with van der Waals surface area (Å²) in [5, 5.41) is 6.73. The third kappa shape index (κ3) is 3.73.